The van der Waals surface area contributed by atoms with E-state index in [1.54, 1.807) is 7.11 Å². The Labute approximate surface area is 150 Å². The quantitative estimate of drug-likeness (QED) is 0.516. The lowest BCUT2D eigenvalue weighted by Crippen LogP contribution is -2.41. The number of nitrogens with zero attached hydrogens (tertiary/aromatic N) is 4. The van der Waals surface area contributed by atoms with Crippen LogP contribution in [-0.2, 0) is 9.53 Å². The van der Waals surface area contributed by atoms with Crippen LogP contribution in [0.5, 0.6) is 0 Å². The highest BCUT2D eigenvalue weighted by Crippen LogP contribution is 2.41. The van der Waals surface area contributed by atoms with Gasteiger partial charge in [-0.15, -0.1) is 10.2 Å². The summed E-state index contributed by atoms with van der Waals surface area (Å²) in [6.07, 6.45) is 4.61. The predicted molar refractivity (Wildman–Crippen MR) is 93.9 cm³/mol. The molecule has 1 aliphatic carbocycles. The normalized spacial score (nSPS) is 16.9. The molecule has 1 aromatic heterocycles. The number of anilines is 1. The summed E-state index contributed by atoms with van der Waals surface area (Å²) in [7, 11) is 1.55. The smallest absolute Gasteiger partial charge is 0.321 e. The monoisotopic (exact) mass is 368 g/mol. The van der Waals surface area contributed by atoms with Gasteiger partial charge in [0.05, 0.1) is 12.4 Å². The fourth-order valence-electron chi connectivity index (χ4n) is 2.76. The molecule has 1 saturated heterocycles. The van der Waals surface area contributed by atoms with Gasteiger partial charge in [0, 0.05) is 32.8 Å². The Hall–Kier alpha value is -1.81. The second-order valence-electron chi connectivity index (χ2n) is 6.16. The van der Waals surface area contributed by atoms with Crippen molar-refractivity contribution >= 4 is 29.6 Å². The first kappa shape index (κ1) is 18.0. The lowest BCUT2D eigenvalue weighted by atomic mass is 10.4. The van der Waals surface area contributed by atoms with Crippen molar-refractivity contribution in [3.63, 3.8) is 0 Å². The minimum absolute atomic E-state index is 0.128. The summed E-state index contributed by atoms with van der Waals surface area (Å²) in [4.78, 5) is 25.7. The van der Waals surface area contributed by atoms with Crippen LogP contribution in [0.2, 0.25) is 0 Å². The number of imide groups is 1. The van der Waals surface area contributed by atoms with Crippen LogP contribution in [0.25, 0.3) is 0 Å². The average Bonchev–Trinajstić information content (AvgIpc) is 3.11. The first-order valence-corrected chi connectivity index (χ1v) is 9.57. The van der Waals surface area contributed by atoms with E-state index >= 15 is 0 Å². The molecule has 25 heavy (non-hydrogen) atoms. The van der Waals surface area contributed by atoms with E-state index in [1.807, 2.05) is 0 Å². The van der Waals surface area contributed by atoms with Gasteiger partial charge in [0.2, 0.25) is 11.9 Å². The summed E-state index contributed by atoms with van der Waals surface area (Å²) in [6, 6.07) is -0.0717. The van der Waals surface area contributed by atoms with Crippen molar-refractivity contribution in [1.82, 2.24) is 25.4 Å². The molecular formula is C15H24N6O3S. The van der Waals surface area contributed by atoms with Gasteiger partial charge in [-0.25, -0.2) is 4.79 Å². The van der Waals surface area contributed by atoms with Gasteiger partial charge in [-0.2, -0.15) is 0 Å². The Morgan fingerprint density at radius 2 is 2.04 bits per heavy atom. The van der Waals surface area contributed by atoms with Crippen LogP contribution in [0.1, 0.15) is 31.7 Å². The molecule has 2 N–H and O–H groups in total. The molecule has 0 bridgehead atoms. The first-order valence-electron chi connectivity index (χ1n) is 8.58. The van der Waals surface area contributed by atoms with Gasteiger partial charge in [0.1, 0.15) is 0 Å². The van der Waals surface area contributed by atoms with E-state index in [0.717, 1.165) is 37.0 Å². The lowest BCUT2D eigenvalue weighted by Gasteiger charge is -2.17. The molecule has 1 aromatic rings. The zero-order chi connectivity index (χ0) is 17.6. The molecule has 138 valence electrons. The van der Waals surface area contributed by atoms with Crippen LogP contribution in [0.4, 0.5) is 10.7 Å². The minimum atomic E-state index is -0.510. The molecule has 3 rings (SSSR count). The fraction of sp³-hybridized carbons (Fsp3) is 0.733. The van der Waals surface area contributed by atoms with Crippen molar-refractivity contribution in [3.8, 4) is 0 Å². The number of aromatic nitrogens is 3. The molecule has 2 heterocycles. The second kappa shape index (κ2) is 8.52. The molecule has 0 unspecified atom stereocenters. The van der Waals surface area contributed by atoms with E-state index in [4.69, 9.17) is 4.74 Å². The van der Waals surface area contributed by atoms with Crippen molar-refractivity contribution in [2.75, 3.05) is 44.0 Å². The largest absolute Gasteiger partial charge is 0.383 e. The maximum absolute atomic E-state index is 11.9. The second-order valence-corrected chi connectivity index (χ2v) is 7.11. The third-order valence-electron chi connectivity index (χ3n) is 4.12. The SMILES string of the molecule is COCCNC(=O)NC(=O)CSc1nnc(N2CCCC2)n1C1CC1. The van der Waals surface area contributed by atoms with Crippen molar-refractivity contribution in [3.05, 3.63) is 0 Å². The molecule has 0 aromatic carbocycles. The number of thioether (sulfide) groups is 1. The number of urea groups is 1. The van der Waals surface area contributed by atoms with E-state index < -0.39 is 6.03 Å². The molecule has 9 nitrogen and oxygen atoms in total. The number of nitrogens with one attached hydrogen (secondary N) is 2. The van der Waals surface area contributed by atoms with E-state index in [2.05, 4.69) is 30.3 Å². The van der Waals surface area contributed by atoms with Crippen LogP contribution in [-0.4, -0.2) is 65.8 Å². The number of methoxy groups -OCH3 is 1. The Morgan fingerprint density at radius 1 is 1.28 bits per heavy atom. The number of hydrogen-bond donors (Lipinski definition) is 2. The number of amides is 3. The predicted octanol–water partition coefficient (Wildman–Crippen LogP) is 0.777. The first-order chi connectivity index (χ1) is 12.2. The Morgan fingerprint density at radius 3 is 2.72 bits per heavy atom. The minimum Gasteiger partial charge on any atom is -0.383 e. The number of carbonyl (C=O) groups is 2. The van der Waals surface area contributed by atoms with Crippen molar-refractivity contribution in [1.29, 1.82) is 0 Å². The van der Waals surface area contributed by atoms with Crippen LogP contribution in [0.3, 0.4) is 0 Å². The molecule has 1 aliphatic heterocycles. The lowest BCUT2D eigenvalue weighted by molar-refractivity contribution is -0.117. The molecule has 0 atom stereocenters. The number of rotatable bonds is 8. The maximum atomic E-state index is 11.9. The van der Waals surface area contributed by atoms with Crippen molar-refractivity contribution < 1.29 is 14.3 Å². The van der Waals surface area contributed by atoms with E-state index in [1.165, 1.54) is 24.6 Å². The molecule has 10 heteroatoms. The van der Waals surface area contributed by atoms with Gasteiger partial charge in [-0.05, 0) is 25.7 Å². The zero-order valence-electron chi connectivity index (χ0n) is 14.4. The molecule has 0 spiro atoms. The van der Waals surface area contributed by atoms with Crippen LogP contribution >= 0.6 is 11.8 Å². The third-order valence-corrected chi connectivity index (χ3v) is 5.07. The summed E-state index contributed by atoms with van der Waals surface area (Å²) in [5.41, 5.74) is 0. The van der Waals surface area contributed by atoms with Gasteiger partial charge < -0.3 is 15.0 Å². The number of ether oxygens (including phenoxy) is 1. The highest BCUT2D eigenvalue weighted by Gasteiger charge is 2.32. The molecule has 2 fully saturated rings. The Balaban J connectivity index is 1.52. The molecular weight excluding hydrogens is 344 g/mol. The Kier molecular flexibility index (Phi) is 6.14. The summed E-state index contributed by atoms with van der Waals surface area (Å²) < 4.78 is 6.99. The summed E-state index contributed by atoms with van der Waals surface area (Å²) >= 11 is 1.32. The standard InChI is InChI=1S/C15H24N6O3S/c1-24-9-6-16-13(23)17-12(22)10-25-15-19-18-14(20-7-2-3-8-20)21(15)11-4-5-11/h11H,2-10H2,1H3,(H2,16,17,22,23). The maximum Gasteiger partial charge on any atom is 0.321 e. The third kappa shape index (κ3) is 4.85. The molecule has 2 aliphatic rings. The molecule has 1 saturated carbocycles. The van der Waals surface area contributed by atoms with E-state index in [-0.39, 0.29) is 11.7 Å². The molecule has 0 radical (unpaired) electrons. The van der Waals surface area contributed by atoms with Crippen molar-refractivity contribution in [2.24, 2.45) is 0 Å². The average molecular weight is 368 g/mol. The number of carbonyl (C=O) groups excluding carboxylic acids is 2. The summed E-state index contributed by atoms with van der Waals surface area (Å²) in [6.45, 7) is 2.79. The Bertz CT molecular complexity index is 612. The molecule has 3 amide bonds. The van der Waals surface area contributed by atoms with Crippen LogP contribution in [0.15, 0.2) is 5.16 Å². The highest BCUT2D eigenvalue weighted by molar-refractivity contribution is 7.99. The topological polar surface area (TPSA) is 101 Å². The summed E-state index contributed by atoms with van der Waals surface area (Å²) in [5, 5.41) is 14.2. The van der Waals surface area contributed by atoms with Gasteiger partial charge >= 0.3 is 6.03 Å². The van der Waals surface area contributed by atoms with Gasteiger partial charge in [-0.1, -0.05) is 11.8 Å². The number of hydrogen-bond acceptors (Lipinski definition) is 7. The zero-order valence-corrected chi connectivity index (χ0v) is 15.2. The van der Waals surface area contributed by atoms with Gasteiger partial charge in [-0.3, -0.25) is 14.7 Å². The van der Waals surface area contributed by atoms with Gasteiger partial charge in [0.15, 0.2) is 5.16 Å². The fourth-order valence-corrected chi connectivity index (χ4v) is 3.56. The van der Waals surface area contributed by atoms with E-state index in [0.29, 0.717) is 19.2 Å². The summed E-state index contributed by atoms with van der Waals surface area (Å²) in [5.74, 6) is 0.691. The van der Waals surface area contributed by atoms with Crippen LogP contribution < -0.4 is 15.5 Å². The van der Waals surface area contributed by atoms with Gasteiger partial charge in [0.25, 0.3) is 0 Å². The van der Waals surface area contributed by atoms with Crippen molar-refractivity contribution in [2.45, 2.75) is 36.9 Å². The van der Waals surface area contributed by atoms with E-state index in [9.17, 15) is 9.59 Å². The highest BCUT2D eigenvalue weighted by atomic mass is 32.2. The van der Waals surface area contributed by atoms with Crippen LogP contribution in [0, 0.1) is 0 Å².